The van der Waals surface area contributed by atoms with E-state index in [0.717, 1.165) is 49.3 Å². The molecule has 2 fully saturated rings. The number of benzene rings is 2. The topological polar surface area (TPSA) is 79.1 Å². The summed E-state index contributed by atoms with van der Waals surface area (Å²) in [6.45, 7) is 1.58. The van der Waals surface area contributed by atoms with Gasteiger partial charge in [0.15, 0.2) is 11.5 Å². The summed E-state index contributed by atoms with van der Waals surface area (Å²) in [6.07, 6.45) is 2.84. The van der Waals surface area contributed by atoms with E-state index in [2.05, 4.69) is 45.2 Å². The van der Waals surface area contributed by atoms with Crippen molar-refractivity contribution in [2.24, 2.45) is 0 Å². The van der Waals surface area contributed by atoms with Gasteiger partial charge >= 0.3 is 0 Å². The van der Waals surface area contributed by atoms with Crippen LogP contribution in [0.2, 0.25) is 0 Å². The molecule has 0 unspecified atom stereocenters. The van der Waals surface area contributed by atoms with E-state index in [4.69, 9.17) is 8.83 Å². The van der Waals surface area contributed by atoms with Crippen molar-refractivity contribution in [1.82, 2.24) is 9.97 Å². The second-order valence-corrected chi connectivity index (χ2v) is 8.46. The Morgan fingerprint density at radius 3 is 2.42 bits per heavy atom. The Morgan fingerprint density at radius 1 is 0.871 bits per heavy atom. The molecule has 6 nitrogen and oxygen atoms in total. The summed E-state index contributed by atoms with van der Waals surface area (Å²) >= 11 is 0. The number of anilines is 1. The molecule has 1 saturated carbocycles. The molecule has 1 aliphatic heterocycles. The van der Waals surface area contributed by atoms with Crippen LogP contribution in [-0.4, -0.2) is 23.1 Å². The predicted molar refractivity (Wildman–Crippen MR) is 116 cm³/mol. The predicted octanol–water partition coefficient (Wildman–Crippen LogP) is 5.34. The van der Waals surface area contributed by atoms with E-state index in [9.17, 15) is 5.26 Å². The minimum atomic E-state index is 0.264. The third-order valence-electron chi connectivity index (χ3n) is 6.51. The Kier molecular flexibility index (Phi) is 4.27. The first-order chi connectivity index (χ1) is 15.3. The molecule has 6 heteroatoms. The quantitative estimate of drug-likeness (QED) is 0.452. The first-order valence-electron chi connectivity index (χ1n) is 10.9. The maximum Gasteiger partial charge on any atom is 0.234 e. The highest BCUT2D eigenvalue weighted by molar-refractivity contribution is 5.72. The van der Waals surface area contributed by atoms with Gasteiger partial charge in [0.05, 0.1) is 0 Å². The number of rotatable bonds is 4. The molecular weight excluding hydrogens is 388 g/mol. The number of hydrogen-bond acceptors (Lipinski definition) is 6. The van der Waals surface area contributed by atoms with Gasteiger partial charge in [-0.3, -0.25) is 0 Å². The number of aromatic nitrogens is 2. The van der Waals surface area contributed by atoms with E-state index >= 15 is 0 Å². The summed E-state index contributed by atoms with van der Waals surface area (Å²) in [6, 6.07) is 20.6. The number of hydrogen-bond donors (Lipinski definition) is 0. The number of fused-ring (bicyclic) bond motifs is 1. The molecule has 2 atom stereocenters. The average molecular weight is 410 g/mol. The highest BCUT2D eigenvalue weighted by Crippen LogP contribution is 2.55. The van der Waals surface area contributed by atoms with E-state index in [-0.39, 0.29) is 11.8 Å². The molecule has 154 valence electrons. The van der Waals surface area contributed by atoms with Crippen molar-refractivity contribution >= 4 is 17.0 Å². The maximum atomic E-state index is 9.63. The minimum Gasteiger partial charge on any atom is -0.440 e. The molecule has 2 aromatic carbocycles. The summed E-state index contributed by atoms with van der Waals surface area (Å²) in [7, 11) is 0. The van der Waals surface area contributed by atoms with Crippen molar-refractivity contribution in [3.63, 3.8) is 0 Å². The van der Waals surface area contributed by atoms with Gasteiger partial charge in [-0.25, -0.2) is 9.97 Å². The van der Waals surface area contributed by atoms with Crippen molar-refractivity contribution in [2.75, 3.05) is 18.0 Å². The van der Waals surface area contributed by atoms with Crippen LogP contribution in [0.1, 0.15) is 60.1 Å². The van der Waals surface area contributed by atoms with Gasteiger partial charge in [-0.05, 0) is 42.9 Å². The molecule has 3 heterocycles. The SMILES string of the molecule is N#Cc1nc([C@@H]2C[C@H]2c2ccccc2)oc1N1CCC(c2nc3ccccc3o2)CC1. The Balaban J connectivity index is 1.17. The largest absolute Gasteiger partial charge is 0.440 e. The van der Waals surface area contributed by atoms with Crippen LogP contribution >= 0.6 is 0 Å². The first kappa shape index (κ1) is 18.2. The van der Waals surface area contributed by atoms with E-state index in [1.807, 2.05) is 30.3 Å². The lowest BCUT2D eigenvalue weighted by Gasteiger charge is -2.30. The molecule has 0 N–H and O–H groups in total. The zero-order valence-corrected chi connectivity index (χ0v) is 17.1. The van der Waals surface area contributed by atoms with E-state index < -0.39 is 0 Å². The van der Waals surface area contributed by atoms with Crippen LogP contribution in [-0.2, 0) is 0 Å². The second-order valence-electron chi connectivity index (χ2n) is 8.46. The number of piperidine rings is 1. The van der Waals surface area contributed by atoms with E-state index in [0.29, 0.717) is 23.4 Å². The molecule has 0 amide bonds. The standard InChI is InChI=1S/C25H22N4O2/c26-15-21-25(31-24(28-21)19-14-18(19)16-6-2-1-3-7-16)29-12-10-17(11-13-29)23-27-20-8-4-5-9-22(20)30-23/h1-9,17-19H,10-14H2/t18-,19+/m0/s1. The fourth-order valence-electron chi connectivity index (χ4n) is 4.70. The van der Waals surface area contributed by atoms with Gasteiger partial charge in [0.1, 0.15) is 11.6 Å². The van der Waals surface area contributed by atoms with Gasteiger partial charge in [0, 0.05) is 24.9 Å². The highest BCUT2D eigenvalue weighted by atomic mass is 16.4. The molecule has 1 aliphatic carbocycles. The number of nitrogens with zero attached hydrogens (tertiary/aromatic N) is 4. The molecule has 2 aromatic heterocycles. The Labute approximate surface area is 180 Å². The van der Waals surface area contributed by atoms with Crippen molar-refractivity contribution in [1.29, 1.82) is 5.26 Å². The van der Waals surface area contributed by atoms with Gasteiger partial charge in [-0.15, -0.1) is 0 Å². The van der Waals surface area contributed by atoms with Crippen molar-refractivity contribution in [3.05, 3.63) is 77.6 Å². The molecule has 2 aliphatic rings. The van der Waals surface area contributed by atoms with Gasteiger partial charge in [0.2, 0.25) is 17.5 Å². The Hall–Kier alpha value is -3.59. The molecule has 4 aromatic rings. The second kappa shape index (κ2) is 7.28. The average Bonchev–Trinajstić information content (AvgIpc) is 3.32. The van der Waals surface area contributed by atoms with Gasteiger partial charge in [-0.2, -0.15) is 5.26 Å². The van der Waals surface area contributed by atoms with Crippen LogP contribution in [0.15, 0.2) is 63.4 Å². The third kappa shape index (κ3) is 3.27. The lowest BCUT2D eigenvalue weighted by molar-refractivity contribution is 0.392. The van der Waals surface area contributed by atoms with Gasteiger partial charge in [0.25, 0.3) is 0 Å². The number of oxazole rings is 2. The zero-order valence-electron chi connectivity index (χ0n) is 17.1. The summed E-state index contributed by atoms with van der Waals surface area (Å²) in [4.78, 5) is 11.4. The number of nitriles is 1. The molecule has 1 saturated heterocycles. The Bertz CT molecular complexity index is 1230. The lowest BCUT2D eigenvalue weighted by Crippen LogP contribution is -2.33. The first-order valence-corrected chi connectivity index (χ1v) is 10.9. The smallest absolute Gasteiger partial charge is 0.234 e. The molecular formula is C25H22N4O2. The lowest BCUT2D eigenvalue weighted by atomic mass is 9.97. The van der Waals surface area contributed by atoms with Crippen molar-refractivity contribution in [2.45, 2.75) is 37.0 Å². The fourth-order valence-corrected chi connectivity index (χ4v) is 4.70. The minimum absolute atomic E-state index is 0.264. The van der Waals surface area contributed by atoms with Gasteiger partial charge < -0.3 is 13.7 Å². The summed E-state index contributed by atoms with van der Waals surface area (Å²) in [5.74, 6) is 3.10. The zero-order chi connectivity index (χ0) is 20.8. The van der Waals surface area contributed by atoms with Crippen LogP contribution in [0.5, 0.6) is 0 Å². The van der Waals surface area contributed by atoms with Gasteiger partial charge in [-0.1, -0.05) is 42.5 Å². The number of para-hydroxylation sites is 2. The van der Waals surface area contributed by atoms with Crippen LogP contribution in [0.25, 0.3) is 11.1 Å². The molecule has 0 bridgehead atoms. The van der Waals surface area contributed by atoms with Crippen molar-refractivity contribution in [3.8, 4) is 6.07 Å². The monoisotopic (exact) mass is 410 g/mol. The third-order valence-corrected chi connectivity index (χ3v) is 6.51. The Morgan fingerprint density at radius 2 is 1.65 bits per heavy atom. The summed E-state index contributed by atoms with van der Waals surface area (Å²) < 4.78 is 12.1. The molecule has 6 rings (SSSR count). The normalized spacial score (nSPS) is 21.3. The van der Waals surface area contributed by atoms with Crippen LogP contribution in [0.4, 0.5) is 5.88 Å². The maximum absolute atomic E-state index is 9.63. The van der Waals surface area contributed by atoms with Crippen LogP contribution < -0.4 is 4.90 Å². The summed E-state index contributed by atoms with van der Waals surface area (Å²) in [5, 5.41) is 9.63. The molecule has 31 heavy (non-hydrogen) atoms. The molecule has 0 radical (unpaired) electrons. The highest BCUT2D eigenvalue weighted by Gasteiger charge is 2.44. The fraction of sp³-hybridized carbons (Fsp3) is 0.320. The summed E-state index contributed by atoms with van der Waals surface area (Å²) in [5.41, 5.74) is 3.45. The van der Waals surface area contributed by atoms with Crippen LogP contribution in [0.3, 0.4) is 0 Å². The van der Waals surface area contributed by atoms with E-state index in [1.165, 1.54) is 5.56 Å². The molecule has 0 spiro atoms. The van der Waals surface area contributed by atoms with E-state index in [1.54, 1.807) is 0 Å². The van der Waals surface area contributed by atoms with Crippen molar-refractivity contribution < 1.29 is 8.83 Å². The van der Waals surface area contributed by atoms with Crippen LogP contribution in [0, 0.1) is 11.3 Å².